The van der Waals surface area contributed by atoms with Gasteiger partial charge in [-0.25, -0.2) is 19.9 Å². The van der Waals surface area contributed by atoms with E-state index < -0.39 is 0 Å². The van der Waals surface area contributed by atoms with Gasteiger partial charge in [-0.2, -0.15) is 0 Å². The summed E-state index contributed by atoms with van der Waals surface area (Å²) in [5.74, 6) is 1.81. The van der Waals surface area contributed by atoms with Crippen molar-refractivity contribution in [1.29, 1.82) is 0 Å². The number of hydrogen-bond acceptors (Lipinski definition) is 10. The second-order valence-electron chi connectivity index (χ2n) is 9.20. The molecule has 36 heavy (non-hydrogen) atoms. The maximum atomic E-state index is 5.56. The fraction of sp³-hybridized carbons (Fsp3) is 0.360. The van der Waals surface area contributed by atoms with Crippen LogP contribution in [0.15, 0.2) is 49.1 Å². The molecular formula is C25H27N9O2. The summed E-state index contributed by atoms with van der Waals surface area (Å²) in [4.78, 5) is 23.4. The van der Waals surface area contributed by atoms with E-state index in [0.29, 0.717) is 48.1 Å². The molecule has 0 amide bonds. The lowest BCUT2D eigenvalue weighted by molar-refractivity contribution is -0.0660. The van der Waals surface area contributed by atoms with Gasteiger partial charge in [0.25, 0.3) is 5.88 Å². The Bertz CT molecular complexity index is 1380. The van der Waals surface area contributed by atoms with Gasteiger partial charge >= 0.3 is 0 Å². The Labute approximate surface area is 208 Å². The highest BCUT2D eigenvalue weighted by molar-refractivity contribution is 5.74. The quantitative estimate of drug-likeness (QED) is 0.437. The lowest BCUT2D eigenvalue weighted by atomic mass is 10.1. The van der Waals surface area contributed by atoms with Crippen LogP contribution in [0.3, 0.4) is 0 Å². The van der Waals surface area contributed by atoms with Crippen molar-refractivity contribution < 1.29 is 9.47 Å². The molecule has 1 aromatic carbocycles. The fourth-order valence-electron chi connectivity index (χ4n) is 4.85. The van der Waals surface area contributed by atoms with Crippen LogP contribution in [-0.4, -0.2) is 87.8 Å². The SMILES string of the molecule is c1cn2cc(-c3cnc4c(n3)NCCO4)nc(Nc3ccc(N4CCN(C5COC5)CC4)cc3)c2n1. The average molecular weight is 486 g/mol. The normalized spacial score (nSPS) is 18.3. The summed E-state index contributed by atoms with van der Waals surface area (Å²) < 4.78 is 12.8. The number of nitrogens with one attached hydrogen (secondary N) is 2. The Kier molecular flexibility index (Phi) is 5.29. The van der Waals surface area contributed by atoms with Gasteiger partial charge in [-0.1, -0.05) is 0 Å². The van der Waals surface area contributed by atoms with Crippen LogP contribution in [0.5, 0.6) is 5.88 Å². The van der Waals surface area contributed by atoms with Crippen LogP contribution in [0.25, 0.3) is 17.0 Å². The molecule has 0 spiro atoms. The molecule has 184 valence electrons. The molecule has 11 heteroatoms. The number of aromatic nitrogens is 5. The predicted molar refractivity (Wildman–Crippen MR) is 136 cm³/mol. The molecule has 3 aliphatic heterocycles. The molecule has 0 bridgehead atoms. The number of rotatable bonds is 5. The number of anilines is 4. The van der Waals surface area contributed by atoms with E-state index in [1.807, 2.05) is 16.8 Å². The average Bonchev–Trinajstić information content (AvgIpc) is 3.38. The molecule has 0 radical (unpaired) electrons. The van der Waals surface area contributed by atoms with Crippen molar-refractivity contribution in [2.75, 3.05) is 68.1 Å². The summed E-state index contributed by atoms with van der Waals surface area (Å²) in [5.41, 5.74) is 4.28. The predicted octanol–water partition coefficient (Wildman–Crippen LogP) is 2.25. The van der Waals surface area contributed by atoms with Crippen LogP contribution >= 0.6 is 0 Å². The fourth-order valence-corrected chi connectivity index (χ4v) is 4.85. The third-order valence-electron chi connectivity index (χ3n) is 6.96. The van der Waals surface area contributed by atoms with Crippen molar-refractivity contribution in [3.05, 3.63) is 49.1 Å². The lowest BCUT2D eigenvalue weighted by Crippen LogP contribution is -2.56. The minimum absolute atomic E-state index is 0.519. The molecule has 3 aromatic heterocycles. The van der Waals surface area contributed by atoms with Gasteiger partial charge in [-0.15, -0.1) is 0 Å². The van der Waals surface area contributed by atoms with E-state index in [1.54, 1.807) is 12.4 Å². The van der Waals surface area contributed by atoms with Gasteiger partial charge in [-0.3, -0.25) is 4.90 Å². The highest BCUT2D eigenvalue weighted by Gasteiger charge is 2.28. The van der Waals surface area contributed by atoms with E-state index in [0.717, 1.165) is 50.7 Å². The molecule has 11 nitrogen and oxygen atoms in total. The zero-order valence-corrected chi connectivity index (χ0v) is 19.8. The van der Waals surface area contributed by atoms with Crippen LogP contribution in [0.4, 0.5) is 23.0 Å². The van der Waals surface area contributed by atoms with Gasteiger partial charge < -0.3 is 29.4 Å². The van der Waals surface area contributed by atoms with E-state index in [9.17, 15) is 0 Å². The van der Waals surface area contributed by atoms with Gasteiger partial charge in [0.05, 0.1) is 32.0 Å². The number of benzene rings is 1. The Morgan fingerprint density at radius 2 is 1.83 bits per heavy atom. The summed E-state index contributed by atoms with van der Waals surface area (Å²) in [7, 11) is 0. The molecule has 7 rings (SSSR count). The van der Waals surface area contributed by atoms with Crippen LogP contribution in [0, 0.1) is 0 Å². The van der Waals surface area contributed by atoms with Gasteiger partial charge in [0.15, 0.2) is 17.3 Å². The Balaban J connectivity index is 1.11. The summed E-state index contributed by atoms with van der Waals surface area (Å²) in [6.07, 6.45) is 7.26. The lowest BCUT2D eigenvalue weighted by Gasteiger charge is -2.43. The van der Waals surface area contributed by atoms with Gasteiger partial charge in [-0.05, 0) is 24.3 Å². The maximum Gasteiger partial charge on any atom is 0.257 e. The Morgan fingerprint density at radius 3 is 2.64 bits per heavy atom. The summed E-state index contributed by atoms with van der Waals surface area (Å²) >= 11 is 0. The number of nitrogens with zero attached hydrogens (tertiary/aromatic N) is 7. The first kappa shape index (κ1) is 21.3. The van der Waals surface area contributed by atoms with E-state index in [2.05, 4.69) is 59.7 Å². The van der Waals surface area contributed by atoms with Crippen LogP contribution < -0.4 is 20.3 Å². The molecule has 2 fully saturated rings. The Hall–Kier alpha value is -3.96. The van der Waals surface area contributed by atoms with Crippen molar-refractivity contribution in [2.45, 2.75) is 6.04 Å². The first-order valence-electron chi connectivity index (χ1n) is 12.3. The second kappa shape index (κ2) is 8.92. The minimum atomic E-state index is 0.519. The number of hydrogen-bond donors (Lipinski definition) is 2. The first-order valence-corrected chi connectivity index (χ1v) is 12.3. The summed E-state index contributed by atoms with van der Waals surface area (Å²) in [6, 6.07) is 9.12. The van der Waals surface area contributed by atoms with Crippen LogP contribution in [0.1, 0.15) is 0 Å². The highest BCUT2D eigenvalue weighted by atomic mass is 16.5. The molecule has 0 unspecified atom stereocenters. The summed E-state index contributed by atoms with van der Waals surface area (Å²) in [6.45, 7) is 7.26. The van der Waals surface area contributed by atoms with E-state index in [-0.39, 0.29) is 0 Å². The van der Waals surface area contributed by atoms with Crippen molar-refractivity contribution in [3.8, 4) is 17.3 Å². The van der Waals surface area contributed by atoms with Crippen molar-refractivity contribution >= 4 is 28.7 Å². The van der Waals surface area contributed by atoms with E-state index in [4.69, 9.17) is 14.5 Å². The van der Waals surface area contributed by atoms with Gasteiger partial charge in [0.2, 0.25) is 0 Å². The minimum Gasteiger partial charge on any atom is -0.473 e. The largest absolute Gasteiger partial charge is 0.473 e. The first-order chi connectivity index (χ1) is 17.8. The van der Waals surface area contributed by atoms with Gasteiger partial charge in [0, 0.05) is 56.1 Å². The molecule has 3 aliphatic rings. The highest BCUT2D eigenvalue weighted by Crippen LogP contribution is 2.29. The van der Waals surface area contributed by atoms with E-state index in [1.165, 1.54) is 5.69 Å². The third kappa shape index (κ3) is 3.95. The summed E-state index contributed by atoms with van der Waals surface area (Å²) in [5, 5.41) is 6.68. The number of piperazine rings is 1. The zero-order valence-electron chi connectivity index (χ0n) is 19.8. The molecular weight excluding hydrogens is 458 g/mol. The van der Waals surface area contributed by atoms with Crippen molar-refractivity contribution in [1.82, 2.24) is 29.2 Å². The monoisotopic (exact) mass is 485 g/mol. The van der Waals surface area contributed by atoms with Gasteiger partial charge in [0.1, 0.15) is 18.0 Å². The number of ether oxygens (including phenoxy) is 2. The topological polar surface area (TPSA) is 105 Å². The van der Waals surface area contributed by atoms with E-state index >= 15 is 0 Å². The molecule has 0 saturated carbocycles. The smallest absolute Gasteiger partial charge is 0.257 e. The van der Waals surface area contributed by atoms with Crippen molar-refractivity contribution in [2.24, 2.45) is 0 Å². The van der Waals surface area contributed by atoms with Crippen LogP contribution in [0.2, 0.25) is 0 Å². The molecule has 2 saturated heterocycles. The maximum absolute atomic E-state index is 5.56. The molecule has 2 N–H and O–H groups in total. The number of imidazole rings is 1. The molecule has 0 aliphatic carbocycles. The number of fused-ring (bicyclic) bond motifs is 2. The third-order valence-corrected chi connectivity index (χ3v) is 6.96. The molecule has 4 aromatic rings. The Morgan fingerprint density at radius 1 is 0.972 bits per heavy atom. The molecule has 0 atom stereocenters. The second-order valence-corrected chi connectivity index (χ2v) is 9.20. The zero-order chi connectivity index (χ0) is 23.9. The van der Waals surface area contributed by atoms with Crippen LogP contribution in [-0.2, 0) is 4.74 Å². The molecule has 6 heterocycles. The van der Waals surface area contributed by atoms with Crippen molar-refractivity contribution in [3.63, 3.8) is 0 Å². The standard InChI is InChI=1S/C25H27N9O2/c1-3-18(32-8-10-33(11-9-32)19-15-35-16-19)4-2-17(1)29-22-24-27-5-7-34(24)14-21(31-22)20-13-28-25-23(30-20)26-6-12-36-25/h1-5,7,13-14,19H,6,8-12,15-16H2,(H,26,30)(H,29,31).